The maximum absolute atomic E-state index is 11.8. The molecule has 0 atom stereocenters. The fraction of sp³-hybridized carbons (Fsp3) is 0.429. The van der Waals surface area contributed by atoms with Crippen molar-refractivity contribution >= 4 is 5.91 Å². The van der Waals surface area contributed by atoms with Gasteiger partial charge in [-0.1, -0.05) is 44.2 Å². The van der Waals surface area contributed by atoms with E-state index in [-0.39, 0.29) is 18.5 Å². The monoisotopic (exact) mass is 273 g/mol. The number of nitrogens with one attached hydrogen (secondary N) is 1. The predicted molar refractivity (Wildman–Crippen MR) is 75.8 cm³/mol. The normalized spacial score (nSPS) is 10.8. The lowest BCUT2D eigenvalue weighted by Crippen LogP contribution is -2.36. The minimum absolute atomic E-state index is 0.0873. The van der Waals surface area contributed by atoms with E-state index < -0.39 is 0 Å². The second-order valence-electron chi connectivity index (χ2n) is 4.59. The quantitative estimate of drug-likeness (QED) is 0.868. The van der Waals surface area contributed by atoms with E-state index >= 15 is 0 Å². The number of amides is 1. The van der Waals surface area contributed by atoms with Gasteiger partial charge in [0.05, 0.1) is 0 Å². The molecule has 0 aliphatic carbocycles. The third-order valence-corrected chi connectivity index (χ3v) is 3.12. The van der Waals surface area contributed by atoms with Crippen LogP contribution in [0.2, 0.25) is 0 Å². The van der Waals surface area contributed by atoms with Crippen molar-refractivity contribution < 1.29 is 4.79 Å². The summed E-state index contributed by atoms with van der Waals surface area (Å²) in [5.41, 5.74) is 0.888. The van der Waals surface area contributed by atoms with Gasteiger partial charge >= 0.3 is 0 Å². The molecule has 2 rings (SSSR count). The van der Waals surface area contributed by atoms with Crippen LogP contribution in [-0.2, 0) is 11.3 Å². The number of carbonyl (C=O) groups excluding carboxylic acids is 1. The Kier molecular flexibility index (Phi) is 4.81. The fourth-order valence-electron chi connectivity index (χ4n) is 1.91. The molecule has 106 valence electrons. The van der Waals surface area contributed by atoms with Crippen molar-refractivity contribution in [1.82, 2.24) is 25.5 Å². The molecular weight excluding hydrogens is 254 g/mol. The van der Waals surface area contributed by atoms with Crippen molar-refractivity contribution in [2.45, 2.75) is 39.3 Å². The minimum Gasteiger partial charge on any atom is -0.352 e. The number of hydrogen-bond donors (Lipinski definition) is 1. The first-order chi connectivity index (χ1) is 9.72. The van der Waals surface area contributed by atoms with Gasteiger partial charge < -0.3 is 5.32 Å². The molecule has 0 aliphatic heterocycles. The molecule has 1 aromatic carbocycles. The molecule has 0 spiro atoms. The Labute approximate surface area is 118 Å². The molecule has 6 nitrogen and oxygen atoms in total. The minimum atomic E-state index is -0.0873. The SMILES string of the molecule is CCC(CC)NC(=O)Cn1nnc(-c2ccccc2)n1. The first-order valence-electron chi connectivity index (χ1n) is 6.85. The highest BCUT2D eigenvalue weighted by molar-refractivity contribution is 5.75. The highest BCUT2D eigenvalue weighted by atomic mass is 16.2. The average molecular weight is 273 g/mol. The van der Waals surface area contributed by atoms with Crippen LogP contribution < -0.4 is 5.32 Å². The van der Waals surface area contributed by atoms with E-state index in [0.29, 0.717) is 5.82 Å². The molecule has 0 saturated carbocycles. The highest BCUT2D eigenvalue weighted by Gasteiger charge is 2.11. The standard InChI is InChI=1S/C14H19N5O/c1-3-12(4-2)15-13(20)10-19-17-14(16-18-19)11-8-6-5-7-9-11/h5-9,12H,3-4,10H2,1-2H3,(H,15,20). The summed E-state index contributed by atoms with van der Waals surface area (Å²) in [6.07, 6.45) is 1.84. The van der Waals surface area contributed by atoms with Crippen LogP contribution in [0.15, 0.2) is 30.3 Å². The van der Waals surface area contributed by atoms with Crippen molar-refractivity contribution in [2.24, 2.45) is 0 Å². The molecule has 1 heterocycles. The van der Waals surface area contributed by atoms with Gasteiger partial charge in [-0.15, -0.1) is 10.2 Å². The Morgan fingerprint density at radius 2 is 1.95 bits per heavy atom. The topological polar surface area (TPSA) is 72.7 Å². The van der Waals surface area contributed by atoms with Crippen LogP contribution in [0.1, 0.15) is 26.7 Å². The van der Waals surface area contributed by atoms with Crippen LogP contribution in [0.4, 0.5) is 0 Å². The van der Waals surface area contributed by atoms with Crippen molar-refractivity contribution in [3.8, 4) is 11.4 Å². The largest absolute Gasteiger partial charge is 0.352 e. The Morgan fingerprint density at radius 1 is 1.25 bits per heavy atom. The molecular formula is C14H19N5O. The molecule has 2 aromatic rings. The van der Waals surface area contributed by atoms with Crippen LogP contribution in [0, 0.1) is 0 Å². The second kappa shape index (κ2) is 6.79. The Hall–Kier alpha value is -2.24. The summed E-state index contributed by atoms with van der Waals surface area (Å²) in [5, 5.41) is 15.0. The van der Waals surface area contributed by atoms with Crippen LogP contribution in [0.25, 0.3) is 11.4 Å². The smallest absolute Gasteiger partial charge is 0.243 e. The van der Waals surface area contributed by atoms with Crippen molar-refractivity contribution in [1.29, 1.82) is 0 Å². The third-order valence-electron chi connectivity index (χ3n) is 3.12. The van der Waals surface area contributed by atoms with E-state index in [1.807, 2.05) is 30.3 Å². The summed E-state index contributed by atoms with van der Waals surface area (Å²) < 4.78 is 0. The third kappa shape index (κ3) is 3.63. The Morgan fingerprint density at radius 3 is 2.60 bits per heavy atom. The summed E-state index contributed by atoms with van der Waals surface area (Å²) in [6, 6.07) is 9.78. The van der Waals surface area contributed by atoms with Crippen LogP contribution in [0.5, 0.6) is 0 Å². The molecule has 0 fully saturated rings. The lowest BCUT2D eigenvalue weighted by molar-refractivity contribution is -0.122. The first-order valence-corrected chi connectivity index (χ1v) is 6.85. The Balaban J connectivity index is 1.98. The molecule has 0 saturated heterocycles. The number of hydrogen-bond acceptors (Lipinski definition) is 4. The van der Waals surface area contributed by atoms with Gasteiger partial charge in [-0.25, -0.2) is 0 Å². The van der Waals surface area contributed by atoms with Crippen molar-refractivity contribution in [2.75, 3.05) is 0 Å². The van der Waals surface area contributed by atoms with Gasteiger partial charge in [0.1, 0.15) is 6.54 Å². The lowest BCUT2D eigenvalue weighted by atomic mass is 10.2. The van der Waals surface area contributed by atoms with Crippen molar-refractivity contribution in [3.63, 3.8) is 0 Å². The zero-order valence-electron chi connectivity index (χ0n) is 11.8. The molecule has 6 heteroatoms. The van der Waals surface area contributed by atoms with E-state index in [2.05, 4.69) is 34.6 Å². The highest BCUT2D eigenvalue weighted by Crippen LogP contribution is 2.11. The molecule has 1 N–H and O–H groups in total. The summed E-state index contributed by atoms with van der Waals surface area (Å²) in [7, 11) is 0. The molecule has 0 bridgehead atoms. The van der Waals surface area contributed by atoms with E-state index in [9.17, 15) is 4.79 Å². The molecule has 0 aliphatic rings. The Bertz CT molecular complexity index is 548. The average Bonchev–Trinajstić information content (AvgIpc) is 2.94. The number of tetrazole rings is 1. The van der Waals surface area contributed by atoms with Gasteiger partial charge in [-0.3, -0.25) is 4.79 Å². The maximum atomic E-state index is 11.8. The van der Waals surface area contributed by atoms with Crippen molar-refractivity contribution in [3.05, 3.63) is 30.3 Å². The fourth-order valence-corrected chi connectivity index (χ4v) is 1.91. The van der Waals surface area contributed by atoms with Gasteiger partial charge in [-0.05, 0) is 18.1 Å². The molecule has 0 unspecified atom stereocenters. The number of rotatable bonds is 6. The van der Waals surface area contributed by atoms with Crippen LogP contribution >= 0.6 is 0 Å². The number of benzene rings is 1. The van der Waals surface area contributed by atoms with E-state index in [1.165, 1.54) is 4.80 Å². The van der Waals surface area contributed by atoms with Gasteiger partial charge in [0.25, 0.3) is 0 Å². The number of carbonyl (C=O) groups is 1. The molecule has 1 amide bonds. The predicted octanol–water partition coefficient (Wildman–Crippen LogP) is 1.64. The van der Waals surface area contributed by atoms with Crippen LogP contribution in [0.3, 0.4) is 0 Å². The van der Waals surface area contributed by atoms with Gasteiger partial charge in [0.15, 0.2) is 0 Å². The van der Waals surface area contributed by atoms with Gasteiger partial charge in [0.2, 0.25) is 11.7 Å². The van der Waals surface area contributed by atoms with E-state index in [0.717, 1.165) is 18.4 Å². The van der Waals surface area contributed by atoms with Gasteiger partial charge in [0, 0.05) is 11.6 Å². The zero-order chi connectivity index (χ0) is 14.4. The number of aromatic nitrogens is 4. The molecule has 0 radical (unpaired) electrons. The lowest BCUT2D eigenvalue weighted by Gasteiger charge is -2.13. The summed E-state index contributed by atoms with van der Waals surface area (Å²) >= 11 is 0. The summed E-state index contributed by atoms with van der Waals surface area (Å²) in [4.78, 5) is 13.2. The summed E-state index contributed by atoms with van der Waals surface area (Å²) in [6.45, 7) is 4.20. The maximum Gasteiger partial charge on any atom is 0.243 e. The number of nitrogens with zero attached hydrogens (tertiary/aromatic N) is 4. The molecule has 1 aromatic heterocycles. The zero-order valence-corrected chi connectivity index (χ0v) is 11.8. The first kappa shape index (κ1) is 14.2. The second-order valence-corrected chi connectivity index (χ2v) is 4.59. The van der Waals surface area contributed by atoms with E-state index in [1.54, 1.807) is 0 Å². The molecule has 20 heavy (non-hydrogen) atoms. The van der Waals surface area contributed by atoms with Crippen LogP contribution in [-0.4, -0.2) is 32.2 Å². The summed E-state index contributed by atoms with van der Waals surface area (Å²) in [5.74, 6) is 0.441. The van der Waals surface area contributed by atoms with Gasteiger partial charge in [-0.2, -0.15) is 4.80 Å². The van der Waals surface area contributed by atoms with E-state index in [4.69, 9.17) is 0 Å².